The number of aromatic hydroxyl groups is 1. The summed E-state index contributed by atoms with van der Waals surface area (Å²) >= 11 is 0. The van der Waals surface area contributed by atoms with E-state index in [2.05, 4.69) is 5.32 Å². The molecule has 0 aliphatic rings. The minimum absolute atomic E-state index is 0.191. The van der Waals surface area contributed by atoms with Crippen molar-refractivity contribution in [3.63, 3.8) is 0 Å². The Labute approximate surface area is 94.9 Å². The molecular weight excluding hydrogens is 209 g/mol. The van der Waals surface area contributed by atoms with Crippen LogP contribution in [0.5, 0.6) is 5.75 Å². The summed E-state index contributed by atoms with van der Waals surface area (Å²) < 4.78 is 13.0. The summed E-state index contributed by atoms with van der Waals surface area (Å²) in [7, 11) is 0. The van der Waals surface area contributed by atoms with E-state index in [-0.39, 0.29) is 12.4 Å². The maximum absolute atomic E-state index is 13.0. The van der Waals surface area contributed by atoms with Crippen LogP contribution in [0.25, 0.3) is 0 Å². The maximum Gasteiger partial charge on any atom is 0.165 e. The number of aliphatic hydroxyl groups is 1. The quantitative estimate of drug-likeness (QED) is 0.692. The summed E-state index contributed by atoms with van der Waals surface area (Å²) in [6.45, 7) is 3.58. The first kappa shape index (κ1) is 12.9. The molecule has 90 valence electrons. The van der Waals surface area contributed by atoms with Gasteiger partial charge in [0.05, 0.1) is 0 Å². The summed E-state index contributed by atoms with van der Waals surface area (Å²) in [6.07, 6.45) is 0.761. The number of benzene rings is 1. The Morgan fingerprint density at radius 1 is 1.44 bits per heavy atom. The number of hydrogen-bond donors (Lipinski definition) is 3. The first-order valence-corrected chi connectivity index (χ1v) is 5.42. The zero-order valence-corrected chi connectivity index (χ0v) is 9.41. The molecule has 16 heavy (non-hydrogen) atoms. The lowest BCUT2D eigenvalue weighted by Crippen LogP contribution is -2.21. The summed E-state index contributed by atoms with van der Waals surface area (Å²) in [5.41, 5.74) is 0.798. The molecule has 1 aromatic carbocycles. The van der Waals surface area contributed by atoms with Crippen molar-refractivity contribution in [2.24, 2.45) is 5.92 Å². The molecule has 4 heteroatoms. The van der Waals surface area contributed by atoms with E-state index in [4.69, 9.17) is 10.2 Å². The summed E-state index contributed by atoms with van der Waals surface area (Å²) in [4.78, 5) is 0. The summed E-state index contributed by atoms with van der Waals surface area (Å²) in [6, 6.07) is 4.35. The van der Waals surface area contributed by atoms with Crippen LogP contribution in [0.2, 0.25) is 0 Å². The van der Waals surface area contributed by atoms with E-state index in [1.54, 1.807) is 6.07 Å². The molecule has 0 bridgehead atoms. The van der Waals surface area contributed by atoms with Gasteiger partial charge in [0.2, 0.25) is 0 Å². The van der Waals surface area contributed by atoms with Crippen molar-refractivity contribution < 1.29 is 14.6 Å². The van der Waals surface area contributed by atoms with Gasteiger partial charge in [-0.25, -0.2) is 4.39 Å². The molecule has 0 spiro atoms. The molecule has 0 heterocycles. The maximum atomic E-state index is 13.0. The monoisotopic (exact) mass is 227 g/mol. The van der Waals surface area contributed by atoms with Gasteiger partial charge < -0.3 is 15.5 Å². The van der Waals surface area contributed by atoms with Gasteiger partial charge in [0, 0.05) is 13.2 Å². The van der Waals surface area contributed by atoms with Gasteiger partial charge in [-0.2, -0.15) is 0 Å². The van der Waals surface area contributed by atoms with Crippen molar-refractivity contribution in [3.05, 3.63) is 29.6 Å². The Hall–Kier alpha value is -1.13. The Kier molecular flexibility index (Phi) is 5.22. The fraction of sp³-hybridized carbons (Fsp3) is 0.500. The third-order valence-corrected chi connectivity index (χ3v) is 2.46. The molecule has 0 fully saturated rings. The predicted molar refractivity (Wildman–Crippen MR) is 60.6 cm³/mol. The third kappa shape index (κ3) is 4.16. The van der Waals surface area contributed by atoms with E-state index in [1.165, 1.54) is 12.1 Å². The van der Waals surface area contributed by atoms with Gasteiger partial charge in [-0.3, -0.25) is 0 Å². The number of nitrogens with one attached hydrogen (secondary N) is 1. The molecule has 0 aromatic heterocycles. The normalized spacial score (nSPS) is 12.7. The Bertz CT molecular complexity index is 331. The second-order valence-electron chi connectivity index (χ2n) is 4.03. The van der Waals surface area contributed by atoms with Crippen LogP contribution in [0, 0.1) is 11.7 Å². The molecule has 1 atom stereocenters. The second-order valence-corrected chi connectivity index (χ2v) is 4.03. The molecule has 1 aromatic rings. The van der Waals surface area contributed by atoms with Gasteiger partial charge in [0.15, 0.2) is 11.6 Å². The van der Waals surface area contributed by atoms with Gasteiger partial charge in [0.1, 0.15) is 0 Å². The Balaban J connectivity index is 2.34. The number of halogens is 1. The van der Waals surface area contributed by atoms with Crippen LogP contribution in [-0.2, 0) is 6.54 Å². The molecule has 0 radical (unpaired) electrons. The van der Waals surface area contributed by atoms with E-state index >= 15 is 0 Å². The molecule has 3 N–H and O–H groups in total. The standard InChI is InChI=1S/C12H18FNO2/c1-9(4-5-15)7-14-8-10-2-3-12(16)11(13)6-10/h2-3,6,9,14-16H,4-5,7-8H2,1H3. The molecule has 1 rings (SSSR count). The van der Waals surface area contributed by atoms with Crippen LogP contribution in [0.3, 0.4) is 0 Å². The topological polar surface area (TPSA) is 52.5 Å². The fourth-order valence-electron chi connectivity index (χ4n) is 1.45. The van der Waals surface area contributed by atoms with Crippen molar-refractivity contribution in [3.8, 4) is 5.75 Å². The molecule has 0 saturated carbocycles. The fourth-order valence-corrected chi connectivity index (χ4v) is 1.45. The largest absolute Gasteiger partial charge is 0.505 e. The first-order valence-electron chi connectivity index (χ1n) is 5.42. The molecular formula is C12H18FNO2. The minimum Gasteiger partial charge on any atom is -0.505 e. The number of hydrogen-bond acceptors (Lipinski definition) is 3. The highest BCUT2D eigenvalue weighted by atomic mass is 19.1. The van der Waals surface area contributed by atoms with Crippen LogP contribution in [0.15, 0.2) is 18.2 Å². The van der Waals surface area contributed by atoms with E-state index in [9.17, 15) is 4.39 Å². The van der Waals surface area contributed by atoms with Gasteiger partial charge >= 0.3 is 0 Å². The lowest BCUT2D eigenvalue weighted by atomic mass is 10.1. The van der Waals surface area contributed by atoms with E-state index in [0.29, 0.717) is 12.5 Å². The zero-order valence-electron chi connectivity index (χ0n) is 9.41. The zero-order chi connectivity index (χ0) is 12.0. The predicted octanol–water partition coefficient (Wildman–Crippen LogP) is 1.64. The molecule has 1 unspecified atom stereocenters. The second kappa shape index (κ2) is 6.45. The smallest absolute Gasteiger partial charge is 0.165 e. The van der Waals surface area contributed by atoms with Crippen LogP contribution in [-0.4, -0.2) is 23.4 Å². The van der Waals surface area contributed by atoms with Crippen molar-refractivity contribution >= 4 is 0 Å². The van der Waals surface area contributed by atoms with Crippen LogP contribution in [0.4, 0.5) is 4.39 Å². The first-order chi connectivity index (χ1) is 7.63. The highest BCUT2D eigenvalue weighted by molar-refractivity contribution is 5.27. The van der Waals surface area contributed by atoms with Gasteiger partial charge in [-0.15, -0.1) is 0 Å². The van der Waals surface area contributed by atoms with E-state index in [1.807, 2.05) is 6.92 Å². The minimum atomic E-state index is -0.595. The van der Waals surface area contributed by atoms with Crippen LogP contribution in [0.1, 0.15) is 18.9 Å². The van der Waals surface area contributed by atoms with Crippen molar-refractivity contribution in [1.82, 2.24) is 5.32 Å². The lowest BCUT2D eigenvalue weighted by Gasteiger charge is -2.11. The van der Waals surface area contributed by atoms with E-state index in [0.717, 1.165) is 18.5 Å². The molecule has 0 amide bonds. The average molecular weight is 227 g/mol. The van der Waals surface area contributed by atoms with Gasteiger partial charge in [0.25, 0.3) is 0 Å². The molecule has 0 aliphatic carbocycles. The molecule has 0 aliphatic heterocycles. The average Bonchev–Trinajstić information content (AvgIpc) is 2.24. The number of phenols is 1. The Morgan fingerprint density at radius 3 is 2.81 bits per heavy atom. The highest BCUT2D eigenvalue weighted by Gasteiger charge is 2.03. The highest BCUT2D eigenvalue weighted by Crippen LogP contribution is 2.15. The SMILES string of the molecule is CC(CCO)CNCc1ccc(O)c(F)c1. The summed E-state index contributed by atoms with van der Waals surface area (Å²) in [5, 5.41) is 20.9. The van der Waals surface area contributed by atoms with Crippen molar-refractivity contribution in [1.29, 1.82) is 0 Å². The lowest BCUT2D eigenvalue weighted by molar-refractivity contribution is 0.260. The van der Waals surface area contributed by atoms with E-state index < -0.39 is 5.82 Å². The number of rotatable bonds is 6. The van der Waals surface area contributed by atoms with Crippen LogP contribution >= 0.6 is 0 Å². The van der Waals surface area contributed by atoms with Crippen molar-refractivity contribution in [2.45, 2.75) is 19.9 Å². The third-order valence-electron chi connectivity index (χ3n) is 2.46. The Morgan fingerprint density at radius 2 is 2.19 bits per heavy atom. The van der Waals surface area contributed by atoms with Gasteiger partial charge in [-0.1, -0.05) is 13.0 Å². The number of phenolic OH excluding ortho intramolecular Hbond substituents is 1. The molecule has 0 saturated heterocycles. The van der Waals surface area contributed by atoms with Crippen LogP contribution < -0.4 is 5.32 Å². The number of aliphatic hydroxyl groups excluding tert-OH is 1. The van der Waals surface area contributed by atoms with Gasteiger partial charge in [-0.05, 0) is 36.6 Å². The summed E-state index contributed by atoms with van der Waals surface area (Å²) in [5.74, 6) is -0.521. The van der Waals surface area contributed by atoms with Crippen molar-refractivity contribution in [2.75, 3.05) is 13.2 Å². The molecule has 3 nitrogen and oxygen atoms in total.